The first kappa shape index (κ1) is 14.9. The largest absolute Gasteiger partial charge is 0.326 e. The maximum Gasteiger partial charge on any atom is 0.228 e. The van der Waals surface area contributed by atoms with Crippen LogP contribution >= 0.6 is 39.1 Å². The Labute approximate surface area is 141 Å². The minimum atomic E-state index is -0.0490. The van der Waals surface area contributed by atoms with Crippen molar-refractivity contribution in [3.05, 3.63) is 62.0 Å². The van der Waals surface area contributed by atoms with Gasteiger partial charge in [-0.1, -0.05) is 45.2 Å². The number of rotatable bonds is 2. The molecule has 3 rings (SSSR count). The molecule has 2 nitrogen and oxygen atoms in total. The van der Waals surface area contributed by atoms with Gasteiger partial charge in [0, 0.05) is 26.1 Å². The van der Waals surface area contributed by atoms with E-state index in [9.17, 15) is 4.79 Å². The predicted octanol–water partition coefficient (Wildman–Crippen LogP) is 5.11. The number of hydrogen-bond donors (Lipinski definition) is 1. The summed E-state index contributed by atoms with van der Waals surface area (Å²) in [6.45, 7) is 0. The fraction of sp³-hybridized carbons (Fsp3) is 0.188. The molecule has 1 amide bonds. The molecule has 1 aliphatic carbocycles. The Hall–Kier alpha value is -1.03. The molecule has 0 spiro atoms. The van der Waals surface area contributed by atoms with Crippen LogP contribution in [0.3, 0.4) is 0 Å². The highest BCUT2D eigenvalue weighted by Crippen LogP contribution is 2.30. The number of anilines is 1. The van der Waals surface area contributed by atoms with Crippen LogP contribution in [0.25, 0.3) is 0 Å². The van der Waals surface area contributed by atoms with Crippen molar-refractivity contribution in [2.75, 3.05) is 5.32 Å². The van der Waals surface area contributed by atoms with Crippen LogP contribution in [0, 0.1) is 5.92 Å². The lowest BCUT2D eigenvalue weighted by Gasteiger charge is -2.11. The summed E-state index contributed by atoms with van der Waals surface area (Å²) in [7, 11) is 0. The second kappa shape index (κ2) is 5.99. The molecule has 0 fully saturated rings. The molecule has 0 bridgehead atoms. The van der Waals surface area contributed by atoms with Crippen molar-refractivity contribution in [1.29, 1.82) is 0 Å². The summed E-state index contributed by atoms with van der Waals surface area (Å²) in [6, 6.07) is 11.2. The van der Waals surface area contributed by atoms with Crippen molar-refractivity contribution in [1.82, 2.24) is 0 Å². The second-order valence-electron chi connectivity index (χ2n) is 5.17. The quantitative estimate of drug-likeness (QED) is 0.765. The zero-order chi connectivity index (χ0) is 15.0. The first-order chi connectivity index (χ1) is 10.0. The van der Waals surface area contributed by atoms with Gasteiger partial charge in [0.25, 0.3) is 0 Å². The van der Waals surface area contributed by atoms with E-state index in [4.69, 9.17) is 23.2 Å². The van der Waals surface area contributed by atoms with Crippen LogP contribution < -0.4 is 5.32 Å². The Morgan fingerprint density at radius 1 is 1.05 bits per heavy atom. The SMILES string of the molecule is O=C(Nc1cc(Cl)cc(Cl)c1)C1Cc2ccc(Br)cc2C1. The third-order valence-corrected chi connectivity index (χ3v) is 4.53. The predicted molar refractivity (Wildman–Crippen MR) is 90.1 cm³/mol. The van der Waals surface area contributed by atoms with Gasteiger partial charge < -0.3 is 5.32 Å². The Kier molecular flexibility index (Phi) is 4.25. The summed E-state index contributed by atoms with van der Waals surface area (Å²) in [5.74, 6) is -0.0484. The van der Waals surface area contributed by atoms with Crippen molar-refractivity contribution < 1.29 is 4.79 Å². The molecule has 1 unspecified atom stereocenters. The molecule has 1 N–H and O–H groups in total. The van der Waals surface area contributed by atoms with Crippen LogP contribution in [0.4, 0.5) is 5.69 Å². The molecule has 5 heteroatoms. The van der Waals surface area contributed by atoms with E-state index in [1.807, 2.05) is 6.07 Å². The van der Waals surface area contributed by atoms with Crippen molar-refractivity contribution >= 4 is 50.7 Å². The van der Waals surface area contributed by atoms with E-state index in [0.29, 0.717) is 15.7 Å². The molecular formula is C16H12BrCl2NO. The summed E-state index contributed by atoms with van der Waals surface area (Å²) in [4.78, 5) is 12.4. The van der Waals surface area contributed by atoms with Crippen molar-refractivity contribution in [3.63, 3.8) is 0 Å². The molecule has 1 aliphatic rings. The van der Waals surface area contributed by atoms with Crippen LogP contribution in [0.1, 0.15) is 11.1 Å². The Bertz CT molecular complexity index is 697. The standard InChI is InChI=1S/C16H12BrCl2NO/c17-12-2-1-9-3-11(4-10(9)5-12)16(21)20-15-7-13(18)6-14(19)8-15/h1-2,5-8,11H,3-4H2,(H,20,21). The number of amides is 1. The highest BCUT2D eigenvalue weighted by molar-refractivity contribution is 9.10. The number of nitrogens with one attached hydrogen (secondary N) is 1. The van der Waals surface area contributed by atoms with Crippen molar-refractivity contribution in [2.24, 2.45) is 5.92 Å². The molecule has 2 aromatic rings. The molecule has 21 heavy (non-hydrogen) atoms. The molecule has 2 aromatic carbocycles. The van der Waals surface area contributed by atoms with E-state index in [1.165, 1.54) is 11.1 Å². The average Bonchev–Trinajstić information content (AvgIpc) is 2.80. The maximum atomic E-state index is 12.4. The van der Waals surface area contributed by atoms with Gasteiger partial charge in [-0.15, -0.1) is 0 Å². The zero-order valence-corrected chi connectivity index (χ0v) is 14.1. The monoisotopic (exact) mass is 383 g/mol. The van der Waals surface area contributed by atoms with E-state index in [1.54, 1.807) is 18.2 Å². The number of halogens is 3. The summed E-state index contributed by atoms with van der Waals surface area (Å²) in [6.07, 6.45) is 1.53. The normalized spacial score (nSPS) is 16.6. The van der Waals surface area contributed by atoms with E-state index >= 15 is 0 Å². The molecule has 1 atom stereocenters. The highest BCUT2D eigenvalue weighted by atomic mass is 79.9. The maximum absolute atomic E-state index is 12.4. The summed E-state index contributed by atoms with van der Waals surface area (Å²) < 4.78 is 1.05. The lowest BCUT2D eigenvalue weighted by molar-refractivity contribution is -0.119. The molecule has 0 aliphatic heterocycles. The molecular weight excluding hydrogens is 373 g/mol. The minimum absolute atomic E-state index is 0.000607. The van der Waals surface area contributed by atoms with Gasteiger partial charge in [-0.2, -0.15) is 0 Å². The number of fused-ring (bicyclic) bond motifs is 1. The summed E-state index contributed by atoms with van der Waals surface area (Å²) in [5.41, 5.74) is 3.10. The van der Waals surface area contributed by atoms with E-state index < -0.39 is 0 Å². The van der Waals surface area contributed by atoms with Gasteiger partial charge in [0.15, 0.2) is 0 Å². The van der Waals surface area contributed by atoms with Crippen molar-refractivity contribution in [3.8, 4) is 0 Å². The second-order valence-corrected chi connectivity index (χ2v) is 6.95. The Morgan fingerprint density at radius 2 is 1.71 bits per heavy atom. The van der Waals surface area contributed by atoms with Gasteiger partial charge >= 0.3 is 0 Å². The minimum Gasteiger partial charge on any atom is -0.326 e. The molecule has 0 saturated heterocycles. The molecule has 0 heterocycles. The fourth-order valence-electron chi connectivity index (χ4n) is 2.64. The van der Waals surface area contributed by atoms with Crippen LogP contribution in [0.2, 0.25) is 10.0 Å². The van der Waals surface area contributed by atoms with Gasteiger partial charge in [-0.05, 0) is 54.3 Å². The third-order valence-electron chi connectivity index (χ3n) is 3.60. The lowest BCUT2D eigenvalue weighted by Crippen LogP contribution is -2.23. The van der Waals surface area contributed by atoms with Gasteiger partial charge in [0.05, 0.1) is 0 Å². The number of hydrogen-bond acceptors (Lipinski definition) is 1. The topological polar surface area (TPSA) is 29.1 Å². The number of carbonyl (C=O) groups is 1. The van der Waals surface area contributed by atoms with E-state index in [-0.39, 0.29) is 11.8 Å². The lowest BCUT2D eigenvalue weighted by atomic mass is 10.1. The van der Waals surface area contributed by atoms with Crippen LogP contribution in [-0.4, -0.2) is 5.91 Å². The van der Waals surface area contributed by atoms with Crippen molar-refractivity contribution in [2.45, 2.75) is 12.8 Å². The third kappa shape index (κ3) is 3.42. The zero-order valence-electron chi connectivity index (χ0n) is 11.0. The first-order valence-electron chi connectivity index (χ1n) is 6.55. The van der Waals surface area contributed by atoms with Gasteiger partial charge in [0.1, 0.15) is 0 Å². The first-order valence-corrected chi connectivity index (χ1v) is 8.10. The van der Waals surface area contributed by atoms with E-state index in [2.05, 4.69) is 33.4 Å². The van der Waals surface area contributed by atoms with Crippen LogP contribution in [0.5, 0.6) is 0 Å². The van der Waals surface area contributed by atoms with E-state index in [0.717, 1.165) is 17.3 Å². The smallest absolute Gasteiger partial charge is 0.228 e. The van der Waals surface area contributed by atoms with Crippen LogP contribution in [-0.2, 0) is 17.6 Å². The van der Waals surface area contributed by atoms with Crippen LogP contribution in [0.15, 0.2) is 40.9 Å². The Balaban J connectivity index is 1.73. The number of benzene rings is 2. The fourth-order valence-corrected chi connectivity index (χ4v) is 3.58. The van der Waals surface area contributed by atoms with Gasteiger partial charge in [-0.25, -0.2) is 0 Å². The summed E-state index contributed by atoms with van der Waals surface area (Å²) in [5, 5.41) is 3.92. The molecule has 108 valence electrons. The molecule has 0 saturated carbocycles. The van der Waals surface area contributed by atoms with Gasteiger partial charge in [0.2, 0.25) is 5.91 Å². The van der Waals surface area contributed by atoms with Gasteiger partial charge in [-0.3, -0.25) is 4.79 Å². The molecule has 0 radical (unpaired) electrons. The number of carbonyl (C=O) groups excluding carboxylic acids is 1. The summed E-state index contributed by atoms with van der Waals surface area (Å²) >= 11 is 15.3. The highest BCUT2D eigenvalue weighted by Gasteiger charge is 2.27. The average molecular weight is 385 g/mol. The Morgan fingerprint density at radius 3 is 2.43 bits per heavy atom. The molecule has 0 aromatic heterocycles.